The van der Waals surface area contributed by atoms with E-state index in [9.17, 15) is 4.79 Å². The lowest BCUT2D eigenvalue weighted by atomic mass is 10.1. The molecule has 0 aliphatic carbocycles. The minimum Gasteiger partial charge on any atom is -0.351 e. The molecule has 94 valence electrons. The molecule has 1 amide bonds. The average Bonchev–Trinajstić information content (AvgIpc) is 2.65. The van der Waals surface area contributed by atoms with Gasteiger partial charge in [-0.3, -0.25) is 4.79 Å². The number of carbonyl (C=O) groups is 1. The van der Waals surface area contributed by atoms with E-state index in [-0.39, 0.29) is 11.9 Å². The molecule has 1 aromatic heterocycles. The Balaban J connectivity index is 1.87. The average molecular weight is 237 g/mol. The summed E-state index contributed by atoms with van der Waals surface area (Å²) < 4.78 is 1.90. The first-order valence-corrected chi connectivity index (χ1v) is 6.03. The lowest BCUT2D eigenvalue weighted by Crippen LogP contribution is -2.42. The van der Waals surface area contributed by atoms with Crippen LogP contribution >= 0.6 is 0 Å². The van der Waals surface area contributed by atoms with Gasteiger partial charge in [0.25, 0.3) is 0 Å². The SMILES string of the molecule is CNCCC(=O)NC1CCc2nc(C)nn2C1. The minimum atomic E-state index is 0.102. The monoisotopic (exact) mass is 237 g/mol. The van der Waals surface area contributed by atoms with E-state index in [1.165, 1.54) is 0 Å². The van der Waals surface area contributed by atoms with Crippen molar-refractivity contribution in [2.24, 2.45) is 0 Å². The van der Waals surface area contributed by atoms with Gasteiger partial charge in [0.1, 0.15) is 11.6 Å². The fraction of sp³-hybridized carbons (Fsp3) is 0.727. The maximum Gasteiger partial charge on any atom is 0.221 e. The van der Waals surface area contributed by atoms with Crippen molar-refractivity contribution in [1.82, 2.24) is 25.4 Å². The van der Waals surface area contributed by atoms with Crippen molar-refractivity contribution < 1.29 is 4.79 Å². The minimum absolute atomic E-state index is 0.102. The highest BCUT2D eigenvalue weighted by atomic mass is 16.1. The number of amides is 1. The van der Waals surface area contributed by atoms with E-state index in [0.717, 1.165) is 31.0 Å². The highest BCUT2D eigenvalue weighted by Gasteiger charge is 2.21. The Labute approximate surface area is 101 Å². The predicted molar refractivity (Wildman–Crippen MR) is 63.6 cm³/mol. The van der Waals surface area contributed by atoms with Crippen LogP contribution in [0.25, 0.3) is 0 Å². The molecule has 0 fully saturated rings. The molecule has 0 aromatic carbocycles. The van der Waals surface area contributed by atoms with Crippen LogP contribution in [0.15, 0.2) is 0 Å². The van der Waals surface area contributed by atoms with Crippen molar-refractivity contribution in [1.29, 1.82) is 0 Å². The molecular formula is C11H19N5O. The molecule has 6 nitrogen and oxygen atoms in total. The quantitative estimate of drug-likeness (QED) is 0.749. The largest absolute Gasteiger partial charge is 0.351 e. The molecule has 1 atom stereocenters. The summed E-state index contributed by atoms with van der Waals surface area (Å²) in [6.45, 7) is 3.35. The van der Waals surface area contributed by atoms with Gasteiger partial charge in [0, 0.05) is 25.4 Å². The normalized spacial score (nSPS) is 18.8. The van der Waals surface area contributed by atoms with E-state index in [1.807, 2.05) is 18.7 Å². The number of aryl methyl sites for hydroxylation is 2. The Morgan fingerprint density at radius 2 is 2.41 bits per heavy atom. The van der Waals surface area contributed by atoms with E-state index < -0.39 is 0 Å². The first-order valence-electron chi connectivity index (χ1n) is 6.03. The second-order valence-corrected chi connectivity index (χ2v) is 4.41. The van der Waals surface area contributed by atoms with Crippen LogP contribution in [0.5, 0.6) is 0 Å². The zero-order valence-corrected chi connectivity index (χ0v) is 10.4. The van der Waals surface area contributed by atoms with E-state index >= 15 is 0 Å². The Bertz CT molecular complexity index is 401. The number of hydrogen-bond acceptors (Lipinski definition) is 4. The molecule has 0 saturated carbocycles. The number of aromatic nitrogens is 3. The standard InChI is InChI=1S/C11H19N5O/c1-8-13-10-4-3-9(7-16(10)15-8)14-11(17)5-6-12-2/h9,12H,3-7H2,1-2H3,(H,14,17). The number of nitrogens with one attached hydrogen (secondary N) is 2. The van der Waals surface area contributed by atoms with Gasteiger partial charge in [-0.05, 0) is 20.4 Å². The zero-order valence-electron chi connectivity index (χ0n) is 10.4. The molecule has 0 saturated heterocycles. The molecule has 1 aromatic rings. The molecule has 0 bridgehead atoms. The molecule has 2 N–H and O–H groups in total. The summed E-state index contributed by atoms with van der Waals surface area (Å²) in [6.07, 6.45) is 2.36. The summed E-state index contributed by atoms with van der Waals surface area (Å²) in [5.74, 6) is 1.94. The third-order valence-corrected chi connectivity index (χ3v) is 2.93. The highest BCUT2D eigenvalue weighted by molar-refractivity contribution is 5.76. The summed E-state index contributed by atoms with van der Waals surface area (Å²) in [5, 5.41) is 10.3. The molecule has 0 spiro atoms. The fourth-order valence-electron chi connectivity index (χ4n) is 2.09. The van der Waals surface area contributed by atoms with Crippen LogP contribution in [0.2, 0.25) is 0 Å². The lowest BCUT2D eigenvalue weighted by molar-refractivity contribution is -0.121. The van der Waals surface area contributed by atoms with Crippen LogP contribution < -0.4 is 10.6 Å². The van der Waals surface area contributed by atoms with Gasteiger partial charge >= 0.3 is 0 Å². The van der Waals surface area contributed by atoms with Crippen LogP contribution in [0.3, 0.4) is 0 Å². The van der Waals surface area contributed by atoms with Gasteiger partial charge in [-0.15, -0.1) is 0 Å². The van der Waals surface area contributed by atoms with Crippen molar-refractivity contribution in [3.63, 3.8) is 0 Å². The predicted octanol–water partition coefficient (Wildman–Crippen LogP) is -0.373. The summed E-state index contributed by atoms with van der Waals surface area (Å²) in [4.78, 5) is 15.9. The molecule has 0 radical (unpaired) electrons. The molecule has 1 unspecified atom stereocenters. The summed E-state index contributed by atoms with van der Waals surface area (Å²) in [7, 11) is 1.85. The number of fused-ring (bicyclic) bond motifs is 1. The topological polar surface area (TPSA) is 71.8 Å². The first-order chi connectivity index (χ1) is 8.19. The van der Waals surface area contributed by atoms with E-state index in [0.29, 0.717) is 13.0 Å². The molecule has 1 aliphatic rings. The smallest absolute Gasteiger partial charge is 0.221 e. The van der Waals surface area contributed by atoms with Crippen molar-refractivity contribution in [2.45, 2.75) is 38.8 Å². The van der Waals surface area contributed by atoms with Crippen molar-refractivity contribution in [3.05, 3.63) is 11.6 Å². The van der Waals surface area contributed by atoms with E-state index in [4.69, 9.17) is 0 Å². The molecule has 6 heteroatoms. The molecule has 2 heterocycles. The lowest BCUT2D eigenvalue weighted by Gasteiger charge is -2.23. The second kappa shape index (κ2) is 5.27. The highest BCUT2D eigenvalue weighted by Crippen LogP contribution is 2.12. The third-order valence-electron chi connectivity index (χ3n) is 2.93. The van der Waals surface area contributed by atoms with Crippen LogP contribution in [-0.2, 0) is 17.8 Å². The molecule has 17 heavy (non-hydrogen) atoms. The van der Waals surface area contributed by atoms with Gasteiger partial charge < -0.3 is 10.6 Å². The van der Waals surface area contributed by atoms with Gasteiger partial charge in [0.05, 0.1) is 6.54 Å². The van der Waals surface area contributed by atoms with Gasteiger partial charge in [0.15, 0.2) is 0 Å². The molecule has 1 aliphatic heterocycles. The van der Waals surface area contributed by atoms with Crippen molar-refractivity contribution in [3.8, 4) is 0 Å². The second-order valence-electron chi connectivity index (χ2n) is 4.41. The van der Waals surface area contributed by atoms with Gasteiger partial charge in [0.2, 0.25) is 5.91 Å². The van der Waals surface area contributed by atoms with Crippen LogP contribution in [0, 0.1) is 6.92 Å². The summed E-state index contributed by atoms with van der Waals surface area (Å²) in [6, 6.07) is 0.188. The number of carbonyl (C=O) groups excluding carboxylic acids is 1. The third kappa shape index (κ3) is 3.03. The van der Waals surface area contributed by atoms with E-state index in [1.54, 1.807) is 0 Å². The van der Waals surface area contributed by atoms with Gasteiger partial charge in [-0.2, -0.15) is 5.10 Å². The molecular weight excluding hydrogens is 218 g/mol. The number of hydrogen-bond donors (Lipinski definition) is 2. The zero-order chi connectivity index (χ0) is 12.3. The van der Waals surface area contributed by atoms with Crippen LogP contribution in [-0.4, -0.2) is 40.3 Å². The van der Waals surface area contributed by atoms with Crippen molar-refractivity contribution in [2.75, 3.05) is 13.6 Å². The van der Waals surface area contributed by atoms with Crippen LogP contribution in [0.1, 0.15) is 24.5 Å². The van der Waals surface area contributed by atoms with Gasteiger partial charge in [-0.1, -0.05) is 0 Å². The van der Waals surface area contributed by atoms with Gasteiger partial charge in [-0.25, -0.2) is 9.67 Å². The maximum atomic E-state index is 11.6. The Morgan fingerprint density at radius 1 is 1.59 bits per heavy atom. The summed E-state index contributed by atoms with van der Waals surface area (Å²) >= 11 is 0. The van der Waals surface area contributed by atoms with Crippen molar-refractivity contribution >= 4 is 5.91 Å². The summed E-state index contributed by atoms with van der Waals surface area (Å²) in [5.41, 5.74) is 0. The first kappa shape index (κ1) is 12.0. The Hall–Kier alpha value is -1.43. The Morgan fingerprint density at radius 3 is 3.18 bits per heavy atom. The Kier molecular flexibility index (Phi) is 3.73. The fourth-order valence-corrected chi connectivity index (χ4v) is 2.09. The molecule has 2 rings (SSSR count). The number of nitrogens with zero attached hydrogens (tertiary/aromatic N) is 3. The number of rotatable bonds is 4. The maximum absolute atomic E-state index is 11.6. The van der Waals surface area contributed by atoms with Crippen LogP contribution in [0.4, 0.5) is 0 Å². The van der Waals surface area contributed by atoms with E-state index in [2.05, 4.69) is 20.7 Å².